The Morgan fingerprint density at radius 1 is 1.38 bits per heavy atom. The predicted octanol–water partition coefficient (Wildman–Crippen LogP) is 1.77. The van der Waals surface area contributed by atoms with Gasteiger partial charge in [-0.05, 0) is 20.3 Å². The van der Waals surface area contributed by atoms with Crippen LogP contribution in [0.1, 0.15) is 31.5 Å². The third kappa shape index (κ3) is 4.49. The molecule has 118 valence electrons. The van der Waals surface area contributed by atoms with Crippen molar-refractivity contribution in [1.82, 2.24) is 14.8 Å². The molecule has 0 aromatic carbocycles. The van der Waals surface area contributed by atoms with E-state index in [2.05, 4.69) is 27.1 Å². The van der Waals surface area contributed by atoms with Gasteiger partial charge in [0.05, 0.1) is 17.3 Å². The highest BCUT2D eigenvalue weighted by atomic mass is 32.1. The van der Waals surface area contributed by atoms with E-state index in [1.165, 1.54) is 10.7 Å². The van der Waals surface area contributed by atoms with Crippen molar-refractivity contribution < 1.29 is 9.53 Å². The lowest BCUT2D eigenvalue weighted by Crippen LogP contribution is -2.51. The number of carbonyl (C=O) groups is 1. The highest BCUT2D eigenvalue weighted by molar-refractivity contribution is 7.09. The van der Waals surface area contributed by atoms with Crippen LogP contribution in [0.5, 0.6) is 0 Å². The molecule has 21 heavy (non-hydrogen) atoms. The molecule has 1 aromatic heterocycles. The minimum Gasteiger partial charge on any atom is -0.465 e. The number of hydrogen-bond donors (Lipinski definition) is 0. The Bertz CT molecular complexity index is 456. The summed E-state index contributed by atoms with van der Waals surface area (Å²) >= 11 is 1.74. The minimum absolute atomic E-state index is 0.113. The molecule has 1 aromatic rings. The molecule has 0 bridgehead atoms. The SMILES string of the molecule is CCOC(=O)[C@@H](C)N1CCN(Cc2csc(CC)n2)CC1. The van der Waals surface area contributed by atoms with E-state index in [9.17, 15) is 4.79 Å². The van der Waals surface area contributed by atoms with E-state index >= 15 is 0 Å². The first-order valence-corrected chi connectivity index (χ1v) is 8.58. The molecule has 0 N–H and O–H groups in total. The molecule has 0 spiro atoms. The molecule has 0 unspecified atom stereocenters. The van der Waals surface area contributed by atoms with Crippen LogP contribution in [-0.4, -0.2) is 59.6 Å². The molecule has 0 aliphatic carbocycles. The second-order valence-electron chi connectivity index (χ2n) is 5.33. The second-order valence-corrected chi connectivity index (χ2v) is 6.27. The van der Waals surface area contributed by atoms with Gasteiger partial charge < -0.3 is 4.74 Å². The number of carbonyl (C=O) groups excluding carboxylic acids is 1. The third-order valence-corrected chi connectivity index (χ3v) is 4.91. The largest absolute Gasteiger partial charge is 0.465 e. The maximum absolute atomic E-state index is 11.8. The highest BCUT2D eigenvalue weighted by Gasteiger charge is 2.26. The summed E-state index contributed by atoms with van der Waals surface area (Å²) in [6.07, 6.45) is 1.01. The number of thiazole rings is 1. The Labute approximate surface area is 130 Å². The average Bonchev–Trinajstić information content (AvgIpc) is 2.95. The summed E-state index contributed by atoms with van der Waals surface area (Å²) < 4.78 is 5.09. The minimum atomic E-state index is -0.141. The van der Waals surface area contributed by atoms with E-state index < -0.39 is 0 Å². The third-order valence-electron chi connectivity index (χ3n) is 3.87. The number of piperazine rings is 1. The van der Waals surface area contributed by atoms with Gasteiger partial charge in [-0.15, -0.1) is 11.3 Å². The van der Waals surface area contributed by atoms with E-state index in [1.807, 2.05) is 13.8 Å². The van der Waals surface area contributed by atoms with Gasteiger partial charge in [0.1, 0.15) is 6.04 Å². The predicted molar refractivity (Wildman–Crippen MR) is 84.4 cm³/mol. The van der Waals surface area contributed by atoms with Crippen molar-refractivity contribution >= 4 is 17.3 Å². The van der Waals surface area contributed by atoms with Gasteiger partial charge in [0, 0.05) is 38.1 Å². The van der Waals surface area contributed by atoms with Gasteiger partial charge in [0.15, 0.2) is 0 Å². The number of ether oxygens (including phenoxy) is 1. The molecule has 1 aliphatic rings. The normalized spacial score (nSPS) is 18.6. The first-order valence-electron chi connectivity index (χ1n) is 7.70. The average molecular weight is 311 g/mol. The van der Waals surface area contributed by atoms with Crippen LogP contribution in [0.25, 0.3) is 0 Å². The van der Waals surface area contributed by atoms with E-state index in [-0.39, 0.29) is 12.0 Å². The van der Waals surface area contributed by atoms with Crippen LogP contribution < -0.4 is 0 Å². The first kappa shape index (κ1) is 16.4. The molecule has 2 heterocycles. The Hall–Kier alpha value is -0.980. The lowest BCUT2D eigenvalue weighted by atomic mass is 10.2. The lowest BCUT2D eigenvalue weighted by Gasteiger charge is -2.36. The summed E-state index contributed by atoms with van der Waals surface area (Å²) in [7, 11) is 0. The molecule has 1 saturated heterocycles. The van der Waals surface area contributed by atoms with Crippen LogP contribution in [0.2, 0.25) is 0 Å². The van der Waals surface area contributed by atoms with Gasteiger partial charge in [-0.3, -0.25) is 14.6 Å². The van der Waals surface area contributed by atoms with Crippen molar-refractivity contribution in [2.75, 3.05) is 32.8 Å². The summed E-state index contributed by atoms with van der Waals surface area (Å²) in [4.78, 5) is 21.0. The van der Waals surface area contributed by atoms with Crippen molar-refractivity contribution in [3.63, 3.8) is 0 Å². The second kappa shape index (κ2) is 7.87. The van der Waals surface area contributed by atoms with Gasteiger partial charge in [0.25, 0.3) is 0 Å². The number of esters is 1. The van der Waals surface area contributed by atoms with E-state index in [4.69, 9.17) is 4.74 Å². The number of hydrogen-bond acceptors (Lipinski definition) is 6. The van der Waals surface area contributed by atoms with Crippen LogP contribution in [0.3, 0.4) is 0 Å². The lowest BCUT2D eigenvalue weighted by molar-refractivity contribution is -0.149. The van der Waals surface area contributed by atoms with Gasteiger partial charge in [0.2, 0.25) is 0 Å². The first-order chi connectivity index (χ1) is 10.1. The molecule has 1 fully saturated rings. The maximum atomic E-state index is 11.8. The molecular weight excluding hydrogens is 286 g/mol. The summed E-state index contributed by atoms with van der Waals surface area (Å²) in [6, 6.07) is -0.141. The maximum Gasteiger partial charge on any atom is 0.323 e. The molecule has 5 nitrogen and oxygen atoms in total. The highest BCUT2D eigenvalue weighted by Crippen LogP contribution is 2.14. The van der Waals surface area contributed by atoms with Crippen molar-refractivity contribution in [2.24, 2.45) is 0 Å². The molecule has 6 heteroatoms. The Balaban J connectivity index is 1.78. The number of nitrogens with zero attached hydrogens (tertiary/aromatic N) is 3. The quantitative estimate of drug-likeness (QED) is 0.749. The number of rotatable bonds is 6. The van der Waals surface area contributed by atoms with Gasteiger partial charge >= 0.3 is 5.97 Å². The summed E-state index contributed by atoms with van der Waals surface area (Å²) in [5, 5.41) is 3.37. The van der Waals surface area contributed by atoms with Crippen LogP contribution in [0, 0.1) is 0 Å². The van der Waals surface area contributed by atoms with E-state index in [0.29, 0.717) is 6.61 Å². The van der Waals surface area contributed by atoms with Gasteiger partial charge in [-0.1, -0.05) is 6.92 Å². The van der Waals surface area contributed by atoms with Crippen LogP contribution in [0.15, 0.2) is 5.38 Å². The summed E-state index contributed by atoms with van der Waals surface area (Å²) in [5.41, 5.74) is 1.17. The molecular formula is C15H25N3O2S. The monoisotopic (exact) mass is 311 g/mol. The van der Waals surface area contributed by atoms with Crippen molar-refractivity contribution in [3.05, 3.63) is 16.1 Å². The smallest absolute Gasteiger partial charge is 0.323 e. The Morgan fingerprint density at radius 2 is 2.10 bits per heavy atom. The van der Waals surface area contributed by atoms with Gasteiger partial charge in [-0.25, -0.2) is 4.98 Å². The van der Waals surface area contributed by atoms with E-state index in [1.54, 1.807) is 11.3 Å². The fourth-order valence-corrected chi connectivity index (χ4v) is 3.27. The van der Waals surface area contributed by atoms with Crippen molar-refractivity contribution in [2.45, 2.75) is 39.8 Å². The molecule has 1 aliphatic heterocycles. The van der Waals surface area contributed by atoms with Crippen LogP contribution in [0.4, 0.5) is 0 Å². The molecule has 0 radical (unpaired) electrons. The van der Waals surface area contributed by atoms with Crippen molar-refractivity contribution in [3.8, 4) is 0 Å². The zero-order chi connectivity index (χ0) is 15.2. The molecule has 1 atom stereocenters. The van der Waals surface area contributed by atoms with Crippen LogP contribution >= 0.6 is 11.3 Å². The molecule has 0 amide bonds. The topological polar surface area (TPSA) is 45.7 Å². The molecule has 0 saturated carbocycles. The number of aryl methyl sites for hydroxylation is 1. The standard InChI is InChI=1S/C15H25N3O2S/c1-4-14-16-13(11-21-14)10-17-6-8-18(9-7-17)12(3)15(19)20-5-2/h11-12H,4-10H2,1-3H3/t12-/m1/s1. The van der Waals surface area contributed by atoms with Crippen molar-refractivity contribution in [1.29, 1.82) is 0 Å². The fraction of sp³-hybridized carbons (Fsp3) is 0.733. The fourth-order valence-electron chi connectivity index (χ4n) is 2.53. The molecule has 2 rings (SSSR count). The summed E-state index contributed by atoms with van der Waals surface area (Å²) in [5.74, 6) is -0.113. The Kier molecular flexibility index (Phi) is 6.14. The zero-order valence-corrected chi connectivity index (χ0v) is 14.0. The van der Waals surface area contributed by atoms with E-state index in [0.717, 1.165) is 39.1 Å². The van der Waals surface area contributed by atoms with Crippen LogP contribution in [-0.2, 0) is 22.5 Å². The Morgan fingerprint density at radius 3 is 2.67 bits per heavy atom. The zero-order valence-electron chi connectivity index (χ0n) is 13.2. The number of aromatic nitrogens is 1. The van der Waals surface area contributed by atoms with Gasteiger partial charge in [-0.2, -0.15) is 0 Å². The summed E-state index contributed by atoms with van der Waals surface area (Å²) in [6.45, 7) is 11.0.